The molecule has 1 saturated heterocycles. The first-order chi connectivity index (χ1) is 27.4. The minimum absolute atomic E-state index is 0.00846. The molecule has 1 rings (SSSR count). The van der Waals surface area contributed by atoms with Gasteiger partial charge in [0.25, 0.3) is 0 Å². The lowest BCUT2D eigenvalue weighted by Gasteiger charge is -2.43. The molecule has 0 aliphatic carbocycles. The quantitative estimate of drug-likeness (QED) is 0.0266. The predicted molar refractivity (Wildman–Crippen MR) is 230 cm³/mol. The summed E-state index contributed by atoms with van der Waals surface area (Å²) in [6.45, 7) is 5.82. The van der Waals surface area contributed by atoms with Crippen LogP contribution in [0, 0.1) is 0 Å². The van der Waals surface area contributed by atoms with Gasteiger partial charge in [-0.05, 0) is 77.0 Å². The Morgan fingerprint density at radius 3 is 1.61 bits per heavy atom. The highest BCUT2D eigenvalue weighted by molar-refractivity contribution is 5.70. The summed E-state index contributed by atoms with van der Waals surface area (Å²) in [6, 6.07) is -0.00846. The Morgan fingerprint density at radius 2 is 1.05 bits per heavy atom. The second-order valence-electron chi connectivity index (χ2n) is 15.8. The number of esters is 2. The Bertz CT molecular complexity index is 1040. The van der Waals surface area contributed by atoms with Crippen LogP contribution in [0.4, 0.5) is 9.18 Å². The fourth-order valence-electron chi connectivity index (χ4n) is 6.71. The van der Waals surface area contributed by atoms with Gasteiger partial charge in [0.15, 0.2) is 6.10 Å². The number of rotatable bonds is 38. The number of unbranched alkanes of at least 4 members (excludes halogenated alkanes) is 19. The van der Waals surface area contributed by atoms with Crippen LogP contribution in [0.25, 0.3) is 0 Å². The van der Waals surface area contributed by atoms with Gasteiger partial charge in [0, 0.05) is 39.5 Å². The van der Waals surface area contributed by atoms with Gasteiger partial charge in [-0.3, -0.25) is 18.9 Å². The van der Waals surface area contributed by atoms with Gasteiger partial charge in [-0.2, -0.15) is 0 Å². The van der Waals surface area contributed by atoms with E-state index in [0.717, 1.165) is 83.5 Å². The molecule has 0 aromatic carbocycles. The molecule has 1 atom stereocenters. The Kier molecular flexibility index (Phi) is 34.7. The number of carbonyl (C=O) groups is 3. The standard InChI is InChI=1S/C47H83FN2O6/c1-4-6-8-10-12-14-16-18-20-22-24-26-28-30-32-35-45(51)54-41-44(42-55-47(53)49(3)43-39-50(40-43)38-34-37-48)56-46(52)36-33-31-29-27-25-23-21-19-17-15-13-11-9-7-5-2/h12,14,18-21,43-44H,4-11,13,15-17,22-42H2,1-3H3/b14-12-,20-18-,21-19-. The SMILES string of the molecule is CCCCC/C=C\C/C=C\CCCCCCCC(=O)OCC(COC(=O)N(C)C1CN(CCCF)C1)OC(=O)CCCCCCC/C=C\CCCCCCCC. The lowest BCUT2D eigenvalue weighted by Crippen LogP contribution is -2.59. The molecule has 1 amide bonds. The zero-order valence-corrected chi connectivity index (χ0v) is 36.2. The number of likely N-dealkylation sites (N-methyl/N-ethyl adjacent to an activating group) is 1. The van der Waals surface area contributed by atoms with Crippen molar-refractivity contribution in [1.29, 1.82) is 0 Å². The first kappa shape index (κ1) is 51.3. The van der Waals surface area contributed by atoms with Crippen molar-refractivity contribution in [2.75, 3.05) is 46.6 Å². The molecular formula is C47H83FN2O6. The monoisotopic (exact) mass is 791 g/mol. The van der Waals surface area contributed by atoms with Gasteiger partial charge in [-0.25, -0.2) is 4.79 Å². The van der Waals surface area contributed by atoms with E-state index in [1.807, 2.05) is 0 Å². The van der Waals surface area contributed by atoms with Gasteiger partial charge >= 0.3 is 18.0 Å². The maximum absolute atomic E-state index is 12.8. The average molecular weight is 791 g/mol. The van der Waals surface area contributed by atoms with E-state index in [1.165, 1.54) is 75.5 Å². The fourth-order valence-corrected chi connectivity index (χ4v) is 6.71. The van der Waals surface area contributed by atoms with Crippen LogP contribution in [-0.4, -0.2) is 86.5 Å². The van der Waals surface area contributed by atoms with Crippen molar-refractivity contribution in [3.63, 3.8) is 0 Å². The van der Waals surface area contributed by atoms with Crippen LogP contribution >= 0.6 is 0 Å². The molecular weight excluding hydrogens is 708 g/mol. The number of hydrogen-bond donors (Lipinski definition) is 0. The number of halogens is 1. The molecule has 1 aliphatic heterocycles. The van der Waals surface area contributed by atoms with Crippen molar-refractivity contribution in [2.45, 2.75) is 199 Å². The summed E-state index contributed by atoms with van der Waals surface area (Å²) in [4.78, 5) is 41.7. The van der Waals surface area contributed by atoms with Crippen molar-refractivity contribution in [2.24, 2.45) is 0 Å². The summed E-state index contributed by atoms with van der Waals surface area (Å²) in [5.41, 5.74) is 0. The van der Waals surface area contributed by atoms with E-state index in [-0.39, 0.29) is 44.3 Å². The lowest BCUT2D eigenvalue weighted by atomic mass is 10.1. The highest BCUT2D eigenvalue weighted by Gasteiger charge is 2.33. The van der Waals surface area contributed by atoms with E-state index in [2.05, 4.69) is 55.2 Å². The summed E-state index contributed by atoms with van der Waals surface area (Å²) < 4.78 is 29.2. The predicted octanol–water partition coefficient (Wildman–Crippen LogP) is 12.4. The number of alkyl halides is 1. The smallest absolute Gasteiger partial charge is 0.409 e. The molecule has 8 nitrogen and oxygen atoms in total. The third-order valence-electron chi connectivity index (χ3n) is 10.5. The Hall–Kier alpha value is -2.68. The number of ether oxygens (including phenoxy) is 3. The molecule has 0 spiro atoms. The van der Waals surface area contributed by atoms with Gasteiger partial charge < -0.3 is 19.1 Å². The van der Waals surface area contributed by atoms with E-state index in [1.54, 1.807) is 7.05 Å². The van der Waals surface area contributed by atoms with Crippen molar-refractivity contribution >= 4 is 18.0 Å². The molecule has 0 bridgehead atoms. The summed E-state index contributed by atoms with van der Waals surface area (Å²) >= 11 is 0. The van der Waals surface area contributed by atoms with Gasteiger partial charge in [0.1, 0.15) is 13.2 Å². The third kappa shape index (κ3) is 30.5. The summed E-state index contributed by atoms with van der Waals surface area (Å²) in [5, 5.41) is 0. The van der Waals surface area contributed by atoms with Crippen molar-refractivity contribution < 1.29 is 33.0 Å². The largest absolute Gasteiger partial charge is 0.462 e. The molecule has 0 aromatic rings. The number of amides is 1. The first-order valence-corrected chi connectivity index (χ1v) is 22.9. The maximum Gasteiger partial charge on any atom is 0.409 e. The highest BCUT2D eigenvalue weighted by Crippen LogP contribution is 2.16. The van der Waals surface area contributed by atoms with E-state index in [9.17, 15) is 18.8 Å². The molecule has 1 aliphatic rings. The number of allylic oxidation sites excluding steroid dienone is 6. The Labute approximate surface area is 342 Å². The van der Waals surface area contributed by atoms with Crippen LogP contribution in [0.1, 0.15) is 187 Å². The molecule has 1 unspecified atom stereocenters. The first-order valence-electron chi connectivity index (χ1n) is 22.9. The fraction of sp³-hybridized carbons (Fsp3) is 0.809. The third-order valence-corrected chi connectivity index (χ3v) is 10.5. The van der Waals surface area contributed by atoms with E-state index >= 15 is 0 Å². The van der Waals surface area contributed by atoms with Crippen LogP contribution < -0.4 is 0 Å². The molecule has 9 heteroatoms. The Morgan fingerprint density at radius 1 is 0.607 bits per heavy atom. The molecule has 1 heterocycles. The van der Waals surface area contributed by atoms with Crippen LogP contribution in [0.15, 0.2) is 36.5 Å². The molecule has 0 radical (unpaired) electrons. The Balaban J connectivity index is 2.33. The van der Waals surface area contributed by atoms with Crippen LogP contribution in [0.2, 0.25) is 0 Å². The molecule has 56 heavy (non-hydrogen) atoms. The van der Waals surface area contributed by atoms with Crippen LogP contribution in [-0.2, 0) is 23.8 Å². The van der Waals surface area contributed by atoms with Crippen molar-refractivity contribution in [3.8, 4) is 0 Å². The summed E-state index contributed by atoms with van der Waals surface area (Å²) in [6.07, 6.45) is 40.9. The zero-order chi connectivity index (χ0) is 40.7. The second-order valence-corrected chi connectivity index (χ2v) is 15.8. The van der Waals surface area contributed by atoms with Gasteiger partial charge in [-0.1, -0.05) is 134 Å². The normalized spacial score (nSPS) is 14.1. The van der Waals surface area contributed by atoms with Crippen LogP contribution in [0.3, 0.4) is 0 Å². The minimum Gasteiger partial charge on any atom is -0.462 e. The zero-order valence-electron chi connectivity index (χ0n) is 36.2. The average Bonchev–Trinajstić information content (AvgIpc) is 3.18. The van der Waals surface area contributed by atoms with Gasteiger partial charge in [-0.15, -0.1) is 0 Å². The lowest BCUT2D eigenvalue weighted by molar-refractivity contribution is -0.161. The molecule has 1 fully saturated rings. The minimum atomic E-state index is -0.862. The van der Waals surface area contributed by atoms with Gasteiger partial charge in [0.05, 0.1) is 12.7 Å². The number of carbonyl (C=O) groups excluding carboxylic acids is 3. The van der Waals surface area contributed by atoms with Crippen molar-refractivity contribution in [3.05, 3.63) is 36.5 Å². The van der Waals surface area contributed by atoms with E-state index < -0.39 is 12.2 Å². The molecule has 0 aromatic heterocycles. The summed E-state index contributed by atoms with van der Waals surface area (Å²) in [7, 11) is 1.68. The van der Waals surface area contributed by atoms with Crippen molar-refractivity contribution in [1.82, 2.24) is 9.80 Å². The number of nitrogens with zero attached hydrogens (tertiary/aromatic N) is 2. The molecule has 0 N–H and O–H groups in total. The number of hydrogen-bond acceptors (Lipinski definition) is 7. The molecule has 324 valence electrons. The van der Waals surface area contributed by atoms with E-state index in [4.69, 9.17) is 14.2 Å². The van der Waals surface area contributed by atoms with Gasteiger partial charge in [0.2, 0.25) is 0 Å². The maximum atomic E-state index is 12.8. The van der Waals surface area contributed by atoms with E-state index in [0.29, 0.717) is 32.5 Å². The number of likely N-dealkylation sites (tertiary alicyclic amines) is 1. The molecule has 0 saturated carbocycles. The topological polar surface area (TPSA) is 85.4 Å². The van der Waals surface area contributed by atoms with Crippen LogP contribution in [0.5, 0.6) is 0 Å². The highest BCUT2D eigenvalue weighted by atomic mass is 19.1. The summed E-state index contributed by atoms with van der Waals surface area (Å²) in [5.74, 6) is -0.704. The second kappa shape index (κ2) is 37.9.